The third-order valence-corrected chi connectivity index (χ3v) is 4.13. The van der Waals surface area contributed by atoms with Crippen molar-refractivity contribution in [2.75, 3.05) is 14.1 Å². The van der Waals surface area contributed by atoms with Crippen molar-refractivity contribution in [1.82, 2.24) is 9.80 Å². The lowest BCUT2D eigenvalue weighted by atomic mass is 9.97. The minimum absolute atomic E-state index is 0.0872. The molecular formula is C14H18N2O2. The van der Waals surface area contributed by atoms with Gasteiger partial charge in [-0.05, 0) is 38.8 Å². The summed E-state index contributed by atoms with van der Waals surface area (Å²) >= 11 is 0. The molecule has 2 aliphatic rings. The smallest absolute Gasteiger partial charge is 0.258 e. The molecule has 4 nitrogen and oxygen atoms in total. The molecule has 18 heavy (non-hydrogen) atoms. The number of amides is 2. The molecule has 0 saturated heterocycles. The molecule has 0 saturated carbocycles. The Hall–Kier alpha value is -1.84. The van der Waals surface area contributed by atoms with E-state index in [4.69, 9.17) is 0 Å². The minimum Gasteiger partial charge on any atom is -0.315 e. The van der Waals surface area contributed by atoms with Gasteiger partial charge in [-0.2, -0.15) is 0 Å². The first-order valence-electron chi connectivity index (χ1n) is 5.95. The Morgan fingerprint density at radius 1 is 0.667 bits per heavy atom. The summed E-state index contributed by atoms with van der Waals surface area (Å²) in [6, 6.07) is 0. The molecule has 2 heterocycles. The zero-order valence-electron chi connectivity index (χ0n) is 11.7. The van der Waals surface area contributed by atoms with Gasteiger partial charge in [0.05, 0.1) is 11.1 Å². The Bertz CT molecular complexity index is 514. The van der Waals surface area contributed by atoms with Crippen molar-refractivity contribution in [3.8, 4) is 0 Å². The van der Waals surface area contributed by atoms with Crippen molar-refractivity contribution >= 4 is 11.8 Å². The predicted octanol–water partition coefficient (Wildman–Crippen LogP) is 1.81. The molecule has 2 amide bonds. The number of carbonyl (C=O) groups excluding carboxylic acids is 2. The van der Waals surface area contributed by atoms with E-state index in [1.165, 1.54) is 0 Å². The highest BCUT2D eigenvalue weighted by Gasteiger charge is 2.37. The molecule has 2 aliphatic heterocycles. The van der Waals surface area contributed by atoms with Gasteiger partial charge in [0.2, 0.25) is 0 Å². The molecule has 2 rings (SSSR count). The van der Waals surface area contributed by atoms with Crippen molar-refractivity contribution in [2.45, 2.75) is 27.7 Å². The van der Waals surface area contributed by atoms with Crippen LogP contribution in [0.1, 0.15) is 27.7 Å². The van der Waals surface area contributed by atoms with Crippen molar-refractivity contribution < 1.29 is 9.59 Å². The number of hydrogen-bond donors (Lipinski definition) is 0. The Labute approximate surface area is 107 Å². The summed E-state index contributed by atoms with van der Waals surface area (Å²) in [5, 5.41) is 0. The van der Waals surface area contributed by atoms with Crippen molar-refractivity contribution in [1.29, 1.82) is 0 Å². The molecule has 4 heteroatoms. The van der Waals surface area contributed by atoms with E-state index in [-0.39, 0.29) is 11.8 Å². The molecule has 0 bridgehead atoms. The third kappa shape index (κ3) is 1.38. The zero-order chi connectivity index (χ0) is 13.8. The van der Waals surface area contributed by atoms with Gasteiger partial charge in [0.1, 0.15) is 0 Å². The average Bonchev–Trinajstić information content (AvgIpc) is 2.64. The molecule has 0 aliphatic carbocycles. The van der Waals surface area contributed by atoms with Gasteiger partial charge in [0.25, 0.3) is 11.8 Å². The number of hydrogen-bond acceptors (Lipinski definition) is 2. The van der Waals surface area contributed by atoms with Crippen LogP contribution >= 0.6 is 0 Å². The summed E-state index contributed by atoms with van der Waals surface area (Å²) in [6.07, 6.45) is 0. The normalized spacial score (nSPS) is 25.2. The van der Waals surface area contributed by atoms with Gasteiger partial charge in [0, 0.05) is 25.5 Å². The Morgan fingerprint density at radius 2 is 0.944 bits per heavy atom. The molecule has 0 radical (unpaired) electrons. The van der Waals surface area contributed by atoms with E-state index in [2.05, 4.69) is 0 Å². The zero-order valence-corrected chi connectivity index (χ0v) is 11.7. The molecule has 96 valence electrons. The molecule has 0 aromatic rings. The van der Waals surface area contributed by atoms with E-state index in [9.17, 15) is 9.59 Å². The van der Waals surface area contributed by atoms with Crippen molar-refractivity contribution in [3.63, 3.8) is 0 Å². The van der Waals surface area contributed by atoms with Gasteiger partial charge in [-0.1, -0.05) is 0 Å². The van der Waals surface area contributed by atoms with Gasteiger partial charge in [-0.15, -0.1) is 0 Å². The van der Waals surface area contributed by atoms with E-state index >= 15 is 0 Å². The van der Waals surface area contributed by atoms with Gasteiger partial charge in [-0.3, -0.25) is 9.59 Å². The largest absolute Gasteiger partial charge is 0.315 e. The van der Waals surface area contributed by atoms with Crippen LogP contribution in [0.4, 0.5) is 0 Å². The SMILES string of the molecule is CC1=C(C)N(C)C(=O)/C1=C1/C(=O)N(C)C(C)=C1C. The molecule has 0 unspecified atom stereocenters. The quantitative estimate of drug-likeness (QED) is 0.612. The summed E-state index contributed by atoms with van der Waals surface area (Å²) in [7, 11) is 3.48. The van der Waals surface area contributed by atoms with Crippen LogP contribution in [-0.2, 0) is 9.59 Å². The first kappa shape index (κ1) is 12.6. The molecule has 0 atom stereocenters. The molecule has 0 fully saturated rings. The monoisotopic (exact) mass is 246 g/mol. The molecule has 0 N–H and O–H groups in total. The second kappa shape index (κ2) is 3.83. The fourth-order valence-corrected chi connectivity index (χ4v) is 2.41. The molecule has 0 spiro atoms. The van der Waals surface area contributed by atoms with Gasteiger partial charge in [-0.25, -0.2) is 0 Å². The Kier molecular flexibility index (Phi) is 2.69. The first-order chi connectivity index (χ1) is 8.29. The summed E-state index contributed by atoms with van der Waals surface area (Å²) in [5.74, 6) is -0.174. The maximum atomic E-state index is 12.3. The second-order valence-electron chi connectivity index (χ2n) is 4.90. The van der Waals surface area contributed by atoms with Crippen LogP contribution in [0.5, 0.6) is 0 Å². The van der Waals surface area contributed by atoms with Crippen LogP contribution < -0.4 is 0 Å². The van der Waals surface area contributed by atoms with Crippen molar-refractivity contribution in [2.24, 2.45) is 0 Å². The highest BCUT2D eigenvalue weighted by molar-refractivity contribution is 6.14. The van der Waals surface area contributed by atoms with E-state index in [1.54, 1.807) is 23.9 Å². The summed E-state index contributed by atoms with van der Waals surface area (Å²) in [5.41, 5.74) is 4.73. The minimum atomic E-state index is -0.0872. The van der Waals surface area contributed by atoms with E-state index in [1.807, 2.05) is 27.7 Å². The summed E-state index contributed by atoms with van der Waals surface area (Å²) < 4.78 is 0. The maximum absolute atomic E-state index is 12.3. The lowest BCUT2D eigenvalue weighted by Gasteiger charge is -2.11. The number of nitrogens with zero attached hydrogens (tertiary/aromatic N) is 2. The maximum Gasteiger partial charge on any atom is 0.258 e. The van der Waals surface area contributed by atoms with Crippen LogP contribution in [0.15, 0.2) is 33.7 Å². The Balaban J connectivity index is 2.72. The summed E-state index contributed by atoms with van der Waals surface area (Å²) in [6.45, 7) is 7.59. The Morgan fingerprint density at radius 3 is 1.11 bits per heavy atom. The molecular weight excluding hydrogens is 228 g/mol. The number of likely N-dealkylation sites (N-methyl/N-ethyl adjacent to an activating group) is 2. The van der Waals surface area contributed by atoms with Crippen LogP contribution in [0.2, 0.25) is 0 Å². The van der Waals surface area contributed by atoms with E-state index in [0.29, 0.717) is 11.1 Å². The topological polar surface area (TPSA) is 40.6 Å². The lowest BCUT2D eigenvalue weighted by Crippen LogP contribution is -2.24. The van der Waals surface area contributed by atoms with Gasteiger partial charge >= 0.3 is 0 Å². The lowest BCUT2D eigenvalue weighted by molar-refractivity contribution is -0.125. The molecule has 0 aromatic heterocycles. The summed E-state index contributed by atoms with van der Waals surface area (Å²) in [4.78, 5) is 27.7. The fourth-order valence-electron chi connectivity index (χ4n) is 2.41. The van der Waals surface area contributed by atoms with Crippen LogP contribution in [0, 0.1) is 0 Å². The van der Waals surface area contributed by atoms with Gasteiger partial charge in [0.15, 0.2) is 0 Å². The standard InChI is InChI=1S/C14H18N2O2/c1-7-9(3)15(5)13(17)11(7)12-8(2)10(4)16(6)14(12)18/h1-6H3/b12-11+. The van der Waals surface area contributed by atoms with Crippen LogP contribution in [-0.4, -0.2) is 35.7 Å². The fraction of sp³-hybridized carbons (Fsp3) is 0.429. The number of allylic oxidation sites excluding steroid dienone is 2. The highest BCUT2D eigenvalue weighted by Crippen LogP contribution is 2.37. The van der Waals surface area contributed by atoms with E-state index in [0.717, 1.165) is 22.5 Å². The van der Waals surface area contributed by atoms with Crippen LogP contribution in [0.3, 0.4) is 0 Å². The average molecular weight is 246 g/mol. The van der Waals surface area contributed by atoms with E-state index < -0.39 is 0 Å². The van der Waals surface area contributed by atoms with Crippen molar-refractivity contribution in [3.05, 3.63) is 33.7 Å². The molecule has 0 aromatic carbocycles. The van der Waals surface area contributed by atoms with Gasteiger partial charge < -0.3 is 9.80 Å². The number of carbonyl (C=O) groups is 2. The highest BCUT2D eigenvalue weighted by atomic mass is 16.2. The number of rotatable bonds is 0. The van der Waals surface area contributed by atoms with Crippen LogP contribution in [0.25, 0.3) is 0 Å². The first-order valence-corrected chi connectivity index (χ1v) is 5.95. The third-order valence-electron chi connectivity index (χ3n) is 4.13. The second-order valence-corrected chi connectivity index (χ2v) is 4.90. The predicted molar refractivity (Wildman–Crippen MR) is 69.3 cm³/mol.